The molecule has 0 aliphatic rings. The molecule has 6 heteroatoms. The molecule has 0 aliphatic heterocycles. The third-order valence-corrected chi connectivity index (χ3v) is 3.42. The van der Waals surface area contributed by atoms with Crippen molar-refractivity contribution in [2.24, 2.45) is 0 Å². The highest BCUT2D eigenvalue weighted by molar-refractivity contribution is 9.10. The molecule has 3 amide bonds. The quantitative estimate of drug-likeness (QED) is 0.738. The molecule has 0 heterocycles. The first-order valence-electron chi connectivity index (χ1n) is 6.57. The standard InChI is InChI=1S/C14H20BrN3O2/c1-3-16-13(19)9-17-14(20)18-10(2)8-11-6-4-5-7-12(11)15/h4-7,10H,3,8-9H2,1-2H3,(H,16,19)(H2,17,18,20). The van der Waals surface area contributed by atoms with Gasteiger partial charge < -0.3 is 16.0 Å². The molecular weight excluding hydrogens is 322 g/mol. The Hall–Kier alpha value is -1.56. The van der Waals surface area contributed by atoms with Gasteiger partial charge in [-0.1, -0.05) is 34.1 Å². The molecule has 110 valence electrons. The molecule has 0 bridgehead atoms. The summed E-state index contributed by atoms with van der Waals surface area (Å²) in [6.07, 6.45) is 0.718. The molecule has 1 rings (SSSR count). The molecule has 3 N–H and O–H groups in total. The normalized spacial score (nSPS) is 11.6. The Morgan fingerprint density at radius 3 is 2.60 bits per heavy atom. The van der Waals surface area contributed by atoms with Gasteiger partial charge in [0.25, 0.3) is 0 Å². The van der Waals surface area contributed by atoms with Crippen LogP contribution in [0.2, 0.25) is 0 Å². The molecule has 0 aliphatic carbocycles. The van der Waals surface area contributed by atoms with Crippen molar-refractivity contribution in [1.82, 2.24) is 16.0 Å². The summed E-state index contributed by atoms with van der Waals surface area (Å²) in [5.41, 5.74) is 1.13. The largest absolute Gasteiger partial charge is 0.355 e. The van der Waals surface area contributed by atoms with E-state index in [0.717, 1.165) is 16.5 Å². The fourth-order valence-electron chi connectivity index (χ4n) is 1.74. The molecule has 0 saturated carbocycles. The van der Waals surface area contributed by atoms with E-state index in [2.05, 4.69) is 31.9 Å². The molecule has 1 aromatic carbocycles. The van der Waals surface area contributed by atoms with E-state index in [9.17, 15) is 9.59 Å². The molecule has 20 heavy (non-hydrogen) atoms. The summed E-state index contributed by atoms with van der Waals surface area (Å²) in [5, 5.41) is 7.94. The molecule has 1 aromatic rings. The van der Waals surface area contributed by atoms with Gasteiger partial charge in [0, 0.05) is 17.1 Å². The number of amides is 3. The maximum absolute atomic E-state index is 11.6. The fourth-order valence-corrected chi connectivity index (χ4v) is 2.19. The van der Waals surface area contributed by atoms with Gasteiger partial charge in [-0.25, -0.2) is 4.79 Å². The van der Waals surface area contributed by atoms with Crippen LogP contribution in [0.15, 0.2) is 28.7 Å². The predicted molar refractivity (Wildman–Crippen MR) is 82.5 cm³/mol. The van der Waals surface area contributed by atoms with Crippen molar-refractivity contribution in [3.8, 4) is 0 Å². The van der Waals surface area contributed by atoms with Crippen molar-refractivity contribution in [1.29, 1.82) is 0 Å². The van der Waals surface area contributed by atoms with Gasteiger partial charge in [0.05, 0.1) is 6.54 Å². The van der Waals surface area contributed by atoms with Gasteiger partial charge >= 0.3 is 6.03 Å². The van der Waals surface area contributed by atoms with Crippen LogP contribution in [0.4, 0.5) is 4.79 Å². The zero-order valence-electron chi connectivity index (χ0n) is 11.7. The first kappa shape index (κ1) is 16.5. The number of benzene rings is 1. The van der Waals surface area contributed by atoms with Crippen molar-refractivity contribution in [3.05, 3.63) is 34.3 Å². The lowest BCUT2D eigenvalue weighted by atomic mass is 10.1. The second kappa shape index (κ2) is 8.58. The Labute approximate surface area is 127 Å². The molecule has 1 unspecified atom stereocenters. The molecule has 0 saturated heterocycles. The summed E-state index contributed by atoms with van der Waals surface area (Å²) in [6.45, 7) is 4.30. The van der Waals surface area contributed by atoms with Gasteiger partial charge in [-0.2, -0.15) is 0 Å². The van der Waals surface area contributed by atoms with Crippen LogP contribution in [0.1, 0.15) is 19.4 Å². The highest BCUT2D eigenvalue weighted by Gasteiger charge is 2.10. The zero-order chi connectivity index (χ0) is 15.0. The van der Waals surface area contributed by atoms with Gasteiger partial charge in [0.1, 0.15) is 0 Å². The molecule has 0 fully saturated rings. The van der Waals surface area contributed by atoms with Crippen LogP contribution in [-0.4, -0.2) is 31.1 Å². The Kier molecular flexibility index (Phi) is 7.08. The number of hydrogen-bond acceptors (Lipinski definition) is 2. The van der Waals surface area contributed by atoms with E-state index in [1.165, 1.54) is 0 Å². The van der Waals surface area contributed by atoms with E-state index in [0.29, 0.717) is 6.54 Å². The van der Waals surface area contributed by atoms with E-state index in [-0.39, 0.29) is 24.5 Å². The van der Waals surface area contributed by atoms with E-state index in [4.69, 9.17) is 0 Å². The minimum Gasteiger partial charge on any atom is -0.355 e. The van der Waals surface area contributed by atoms with Crippen LogP contribution in [0.25, 0.3) is 0 Å². The molecule has 1 atom stereocenters. The second-order valence-electron chi connectivity index (χ2n) is 4.48. The smallest absolute Gasteiger partial charge is 0.315 e. The number of carbonyl (C=O) groups excluding carboxylic acids is 2. The van der Waals surface area contributed by atoms with Crippen molar-refractivity contribution in [2.45, 2.75) is 26.3 Å². The molecule has 5 nitrogen and oxygen atoms in total. The van der Waals surface area contributed by atoms with Crippen LogP contribution < -0.4 is 16.0 Å². The Balaban J connectivity index is 2.35. The van der Waals surface area contributed by atoms with Crippen LogP contribution in [0.5, 0.6) is 0 Å². The summed E-state index contributed by atoms with van der Waals surface area (Å²) >= 11 is 3.48. The predicted octanol–water partition coefficient (Wildman–Crippen LogP) is 1.82. The summed E-state index contributed by atoms with van der Waals surface area (Å²) in [5.74, 6) is -0.193. The fraction of sp³-hybridized carbons (Fsp3) is 0.429. The number of nitrogens with one attached hydrogen (secondary N) is 3. The minimum atomic E-state index is -0.337. The van der Waals surface area contributed by atoms with Crippen molar-refractivity contribution in [2.75, 3.05) is 13.1 Å². The summed E-state index contributed by atoms with van der Waals surface area (Å²) in [4.78, 5) is 22.8. The van der Waals surface area contributed by atoms with E-state index < -0.39 is 0 Å². The van der Waals surface area contributed by atoms with Crippen LogP contribution in [0.3, 0.4) is 0 Å². The van der Waals surface area contributed by atoms with Gasteiger partial charge in [-0.05, 0) is 31.9 Å². The van der Waals surface area contributed by atoms with Gasteiger partial charge in [0.2, 0.25) is 5.91 Å². The highest BCUT2D eigenvalue weighted by atomic mass is 79.9. The molecule has 0 radical (unpaired) electrons. The monoisotopic (exact) mass is 341 g/mol. The van der Waals surface area contributed by atoms with Gasteiger partial charge in [-0.15, -0.1) is 0 Å². The topological polar surface area (TPSA) is 70.2 Å². The number of carbonyl (C=O) groups is 2. The van der Waals surface area contributed by atoms with Gasteiger partial charge in [0.15, 0.2) is 0 Å². The van der Waals surface area contributed by atoms with Crippen molar-refractivity contribution in [3.63, 3.8) is 0 Å². The lowest BCUT2D eigenvalue weighted by Gasteiger charge is -2.15. The SMILES string of the molecule is CCNC(=O)CNC(=O)NC(C)Cc1ccccc1Br. The summed E-state index contributed by atoms with van der Waals surface area (Å²) < 4.78 is 1.02. The van der Waals surface area contributed by atoms with Crippen LogP contribution >= 0.6 is 15.9 Å². The molecule has 0 spiro atoms. The first-order valence-corrected chi connectivity index (χ1v) is 7.36. The Morgan fingerprint density at radius 1 is 1.25 bits per heavy atom. The maximum atomic E-state index is 11.6. The summed E-state index contributed by atoms with van der Waals surface area (Å²) in [6, 6.07) is 7.53. The third-order valence-electron chi connectivity index (χ3n) is 2.64. The Morgan fingerprint density at radius 2 is 1.95 bits per heavy atom. The van der Waals surface area contributed by atoms with E-state index in [1.807, 2.05) is 38.1 Å². The van der Waals surface area contributed by atoms with Crippen LogP contribution in [0, 0.1) is 0 Å². The van der Waals surface area contributed by atoms with Crippen LogP contribution in [-0.2, 0) is 11.2 Å². The van der Waals surface area contributed by atoms with Crippen molar-refractivity contribution < 1.29 is 9.59 Å². The number of halogens is 1. The molecule has 0 aromatic heterocycles. The first-order chi connectivity index (χ1) is 9.52. The average Bonchev–Trinajstić information content (AvgIpc) is 2.39. The average molecular weight is 342 g/mol. The third kappa shape index (κ3) is 6.06. The lowest BCUT2D eigenvalue weighted by molar-refractivity contribution is -0.119. The van der Waals surface area contributed by atoms with Gasteiger partial charge in [-0.3, -0.25) is 4.79 Å². The second-order valence-corrected chi connectivity index (χ2v) is 5.33. The lowest BCUT2D eigenvalue weighted by Crippen LogP contribution is -2.45. The summed E-state index contributed by atoms with van der Waals surface area (Å²) in [7, 11) is 0. The Bertz CT molecular complexity index is 465. The number of rotatable bonds is 6. The van der Waals surface area contributed by atoms with E-state index >= 15 is 0 Å². The van der Waals surface area contributed by atoms with E-state index in [1.54, 1.807) is 0 Å². The minimum absolute atomic E-state index is 0.0125. The molecular formula is C14H20BrN3O2. The highest BCUT2D eigenvalue weighted by Crippen LogP contribution is 2.17. The van der Waals surface area contributed by atoms with Crippen molar-refractivity contribution >= 4 is 27.9 Å². The number of likely N-dealkylation sites (N-methyl/N-ethyl adjacent to an activating group) is 1. The number of urea groups is 1. The maximum Gasteiger partial charge on any atom is 0.315 e. The number of hydrogen-bond donors (Lipinski definition) is 3. The zero-order valence-corrected chi connectivity index (χ0v) is 13.3.